The molecule has 2 saturated heterocycles. The summed E-state index contributed by atoms with van der Waals surface area (Å²) in [6, 6.07) is 2.10. The predicted octanol–water partition coefficient (Wildman–Crippen LogP) is 2.34. The van der Waals surface area contributed by atoms with E-state index in [0.717, 1.165) is 32.6 Å². The molecule has 6 nitrogen and oxygen atoms in total. The summed E-state index contributed by atoms with van der Waals surface area (Å²) in [5.74, 6) is -0.611. The molecule has 3 heterocycles. The number of amides is 1. The van der Waals surface area contributed by atoms with E-state index in [9.17, 15) is 9.59 Å². The maximum atomic E-state index is 12.8. The number of carboxylic acid groups (broad SMARTS) is 1. The molecule has 0 radical (unpaired) electrons. The van der Waals surface area contributed by atoms with Crippen LogP contribution in [-0.4, -0.2) is 84.0 Å². The summed E-state index contributed by atoms with van der Waals surface area (Å²) in [6.45, 7) is 5.40. The third kappa shape index (κ3) is 4.57. The van der Waals surface area contributed by atoms with Gasteiger partial charge in [0.05, 0.1) is 5.02 Å². The summed E-state index contributed by atoms with van der Waals surface area (Å²) in [7, 11) is 2.13. The first-order chi connectivity index (χ1) is 12.5. The quantitative estimate of drug-likeness (QED) is 0.823. The zero-order chi connectivity index (χ0) is 18.7. The Bertz CT molecular complexity index is 645. The van der Waals surface area contributed by atoms with Crippen molar-refractivity contribution in [1.82, 2.24) is 14.7 Å². The Balaban J connectivity index is 1.69. The molecule has 2 atom stereocenters. The second-order valence-electron chi connectivity index (χ2n) is 7.24. The normalized spacial score (nSPS) is 25.4. The fourth-order valence-corrected chi connectivity index (χ4v) is 5.12. The number of aliphatic carboxylic acids is 1. The Kier molecular flexibility index (Phi) is 6.55. The van der Waals surface area contributed by atoms with Gasteiger partial charge in [0.2, 0.25) is 0 Å². The number of carbonyl (C=O) groups excluding carboxylic acids is 1. The van der Waals surface area contributed by atoms with E-state index in [-0.39, 0.29) is 18.2 Å². The number of hydrogen-bond donors (Lipinski definition) is 1. The minimum atomic E-state index is -0.771. The highest BCUT2D eigenvalue weighted by molar-refractivity contribution is 7.12. The molecule has 2 aliphatic heterocycles. The van der Waals surface area contributed by atoms with Crippen molar-refractivity contribution in [3.8, 4) is 0 Å². The number of thiophene rings is 1. The van der Waals surface area contributed by atoms with Crippen molar-refractivity contribution < 1.29 is 14.7 Å². The number of piperidine rings is 1. The van der Waals surface area contributed by atoms with Crippen molar-refractivity contribution in [3.05, 3.63) is 21.3 Å². The van der Waals surface area contributed by atoms with Gasteiger partial charge in [-0.2, -0.15) is 0 Å². The smallest absolute Gasteiger partial charge is 0.303 e. The molecule has 2 aliphatic rings. The van der Waals surface area contributed by atoms with Crippen molar-refractivity contribution in [2.24, 2.45) is 5.92 Å². The van der Waals surface area contributed by atoms with E-state index in [1.165, 1.54) is 11.3 Å². The van der Waals surface area contributed by atoms with E-state index in [0.29, 0.717) is 35.5 Å². The van der Waals surface area contributed by atoms with Gasteiger partial charge < -0.3 is 14.9 Å². The van der Waals surface area contributed by atoms with Crippen LogP contribution in [0.25, 0.3) is 0 Å². The molecular weight excluding hydrogens is 374 g/mol. The largest absolute Gasteiger partial charge is 0.481 e. The summed E-state index contributed by atoms with van der Waals surface area (Å²) in [5, 5.41) is 11.5. The lowest BCUT2D eigenvalue weighted by molar-refractivity contribution is -0.137. The monoisotopic (exact) mass is 399 g/mol. The van der Waals surface area contributed by atoms with Crippen LogP contribution in [0.3, 0.4) is 0 Å². The zero-order valence-electron chi connectivity index (χ0n) is 15.1. The summed E-state index contributed by atoms with van der Waals surface area (Å²) in [5.41, 5.74) is 0. The average Bonchev–Trinajstić information content (AvgIpc) is 3.06. The number of rotatable bonds is 5. The van der Waals surface area contributed by atoms with Gasteiger partial charge in [-0.3, -0.25) is 14.5 Å². The maximum Gasteiger partial charge on any atom is 0.303 e. The number of likely N-dealkylation sites (tertiary alicyclic amines) is 1. The van der Waals surface area contributed by atoms with Crippen LogP contribution < -0.4 is 0 Å². The predicted molar refractivity (Wildman–Crippen MR) is 103 cm³/mol. The Hall–Kier alpha value is -1.15. The van der Waals surface area contributed by atoms with E-state index in [4.69, 9.17) is 16.7 Å². The van der Waals surface area contributed by atoms with Gasteiger partial charge in [-0.1, -0.05) is 11.6 Å². The molecule has 8 heteroatoms. The molecule has 0 unspecified atom stereocenters. The second-order valence-corrected chi connectivity index (χ2v) is 8.56. The van der Waals surface area contributed by atoms with E-state index in [1.54, 1.807) is 6.07 Å². The summed E-state index contributed by atoms with van der Waals surface area (Å²) in [4.78, 5) is 31.2. The highest BCUT2D eigenvalue weighted by Crippen LogP contribution is 2.30. The number of nitrogens with zero attached hydrogens (tertiary/aromatic N) is 3. The van der Waals surface area contributed by atoms with Gasteiger partial charge in [0.25, 0.3) is 5.91 Å². The first kappa shape index (κ1) is 19.6. The Morgan fingerprint density at radius 3 is 2.62 bits per heavy atom. The molecule has 0 spiro atoms. The lowest BCUT2D eigenvalue weighted by Crippen LogP contribution is -2.56. The van der Waals surface area contributed by atoms with E-state index in [2.05, 4.69) is 16.8 Å². The fraction of sp³-hybridized carbons (Fsp3) is 0.667. The second kappa shape index (κ2) is 8.69. The Morgan fingerprint density at radius 1 is 1.27 bits per heavy atom. The molecular formula is C18H26ClN3O3S. The molecule has 0 bridgehead atoms. The molecule has 26 heavy (non-hydrogen) atoms. The molecule has 0 aromatic carbocycles. The lowest BCUT2D eigenvalue weighted by Gasteiger charge is -2.46. The third-order valence-corrected chi connectivity index (χ3v) is 6.86. The molecule has 0 aliphatic carbocycles. The van der Waals surface area contributed by atoms with Crippen LogP contribution in [0.2, 0.25) is 5.02 Å². The van der Waals surface area contributed by atoms with Crippen LogP contribution in [0.1, 0.15) is 28.9 Å². The van der Waals surface area contributed by atoms with Crippen LogP contribution in [0.15, 0.2) is 11.4 Å². The molecule has 1 aromatic heterocycles. The highest BCUT2D eigenvalue weighted by atomic mass is 35.5. The number of likely N-dealkylation sites (N-methyl/N-ethyl adjacent to an activating group) is 1. The topological polar surface area (TPSA) is 64.1 Å². The van der Waals surface area contributed by atoms with E-state index >= 15 is 0 Å². The van der Waals surface area contributed by atoms with Crippen molar-refractivity contribution in [2.75, 3.05) is 46.3 Å². The average molecular weight is 400 g/mol. The molecule has 1 amide bonds. The first-order valence-corrected chi connectivity index (χ1v) is 10.4. The van der Waals surface area contributed by atoms with Crippen molar-refractivity contribution in [2.45, 2.75) is 25.3 Å². The van der Waals surface area contributed by atoms with Gasteiger partial charge in [-0.25, -0.2) is 0 Å². The van der Waals surface area contributed by atoms with Crippen molar-refractivity contribution in [3.63, 3.8) is 0 Å². The third-order valence-electron chi connectivity index (χ3n) is 5.53. The minimum Gasteiger partial charge on any atom is -0.481 e. The van der Waals surface area contributed by atoms with E-state index < -0.39 is 5.97 Å². The first-order valence-electron chi connectivity index (χ1n) is 9.12. The number of halogens is 1. The van der Waals surface area contributed by atoms with Gasteiger partial charge in [-0.15, -0.1) is 11.3 Å². The zero-order valence-corrected chi connectivity index (χ0v) is 16.6. The lowest BCUT2D eigenvalue weighted by atomic mass is 9.86. The summed E-state index contributed by atoms with van der Waals surface area (Å²) < 4.78 is 0. The summed E-state index contributed by atoms with van der Waals surface area (Å²) in [6.07, 6.45) is 1.65. The number of piperazine rings is 1. The van der Waals surface area contributed by atoms with Crippen LogP contribution in [-0.2, 0) is 4.79 Å². The van der Waals surface area contributed by atoms with Crippen LogP contribution in [0.5, 0.6) is 0 Å². The van der Waals surface area contributed by atoms with Crippen molar-refractivity contribution >= 4 is 34.8 Å². The van der Waals surface area contributed by atoms with Gasteiger partial charge >= 0.3 is 5.97 Å². The summed E-state index contributed by atoms with van der Waals surface area (Å²) >= 11 is 7.50. The Morgan fingerprint density at radius 2 is 2.00 bits per heavy atom. The SMILES string of the molecule is CN1CCN([C@H]2CCN(C(=O)c3sccc3Cl)C[C@H]2CCC(=O)O)CC1. The van der Waals surface area contributed by atoms with Gasteiger partial charge in [-0.05, 0) is 37.3 Å². The van der Waals surface area contributed by atoms with Crippen LogP contribution >= 0.6 is 22.9 Å². The maximum absolute atomic E-state index is 12.8. The molecule has 0 saturated carbocycles. The fourth-order valence-electron chi connectivity index (χ4n) is 4.02. The van der Waals surface area contributed by atoms with Gasteiger partial charge in [0.15, 0.2) is 0 Å². The number of carbonyl (C=O) groups is 2. The van der Waals surface area contributed by atoms with Crippen molar-refractivity contribution in [1.29, 1.82) is 0 Å². The van der Waals surface area contributed by atoms with Crippen LogP contribution in [0.4, 0.5) is 0 Å². The molecule has 2 fully saturated rings. The number of carboxylic acids is 1. The molecule has 3 rings (SSSR count). The minimum absolute atomic E-state index is 0.0258. The van der Waals surface area contributed by atoms with Crippen LogP contribution in [0, 0.1) is 5.92 Å². The van der Waals surface area contributed by atoms with Gasteiger partial charge in [0, 0.05) is 51.7 Å². The Labute approximate surface area is 163 Å². The molecule has 1 N–H and O–H groups in total. The molecule has 144 valence electrons. The number of hydrogen-bond acceptors (Lipinski definition) is 5. The molecule has 1 aromatic rings. The van der Waals surface area contributed by atoms with Gasteiger partial charge in [0.1, 0.15) is 4.88 Å². The highest BCUT2D eigenvalue weighted by Gasteiger charge is 2.36. The standard InChI is InChI=1S/C18H26ClN3O3S/c1-20-7-9-21(10-8-20)15-4-6-22(12-13(15)2-3-16(23)24)18(25)17-14(19)5-11-26-17/h5,11,13,15H,2-4,6-10,12H2,1H3,(H,23,24)/t13-,15+/m1/s1. The van der Waals surface area contributed by atoms with E-state index in [1.807, 2.05) is 10.3 Å².